The normalized spacial score (nSPS) is 15.5. The largest absolute Gasteiger partial charge is 0.384 e. The Morgan fingerprint density at radius 1 is 1.09 bits per heavy atom. The summed E-state index contributed by atoms with van der Waals surface area (Å²) >= 11 is 0. The molecule has 7 heteroatoms. The van der Waals surface area contributed by atoms with Crippen LogP contribution in [0.25, 0.3) is 11.3 Å². The zero-order valence-corrected chi connectivity index (χ0v) is 12.5. The number of carbonyl (C=O) groups excluding carboxylic acids is 2. The van der Waals surface area contributed by atoms with Gasteiger partial charge in [-0.15, -0.1) is 0 Å². The number of carbonyl (C=O) groups is 2. The standard InChI is InChI=1S/C15H17N5O2/c1-18-7-8-20(15(22)14(18)21)12-6-4-3-5-10(12)11-9-13(16)19(2)17-11/h3-6,9H,7-8,16H2,1-2H3. The van der Waals surface area contributed by atoms with Gasteiger partial charge in [0.2, 0.25) is 0 Å². The number of anilines is 2. The number of aryl methyl sites for hydroxylation is 1. The van der Waals surface area contributed by atoms with Gasteiger partial charge in [-0.3, -0.25) is 14.3 Å². The van der Waals surface area contributed by atoms with E-state index < -0.39 is 11.8 Å². The van der Waals surface area contributed by atoms with E-state index in [9.17, 15) is 9.59 Å². The second-order valence-electron chi connectivity index (χ2n) is 5.28. The number of amides is 2. The van der Waals surface area contributed by atoms with Crippen molar-refractivity contribution in [2.24, 2.45) is 7.05 Å². The lowest BCUT2D eigenvalue weighted by molar-refractivity contribution is -0.145. The molecule has 114 valence electrons. The van der Waals surface area contributed by atoms with Crippen molar-refractivity contribution >= 4 is 23.3 Å². The third-order valence-electron chi connectivity index (χ3n) is 3.82. The molecule has 0 unspecified atom stereocenters. The summed E-state index contributed by atoms with van der Waals surface area (Å²) in [4.78, 5) is 27.1. The molecule has 1 aromatic carbocycles. The van der Waals surface area contributed by atoms with Crippen LogP contribution in [0.1, 0.15) is 0 Å². The molecule has 0 atom stereocenters. The van der Waals surface area contributed by atoms with Gasteiger partial charge in [-0.25, -0.2) is 0 Å². The molecule has 1 aliphatic rings. The number of hydrogen-bond acceptors (Lipinski definition) is 4. The van der Waals surface area contributed by atoms with Crippen LogP contribution >= 0.6 is 0 Å². The van der Waals surface area contributed by atoms with Crippen molar-refractivity contribution in [2.75, 3.05) is 30.8 Å². The SMILES string of the molecule is CN1CCN(c2ccccc2-c2cc(N)n(C)n2)C(=O)C1=O. The quantitative estimate of drug-likeness (QED) is 0.817. The predicted molar refractivity (Wildman–Crippen MR) is 83.0 cm³/mol. The number of likely N-dealkylation sites (N-methyl/N-ethyl adjacent to an activating group) is 1. The third kappa shape index (κ3) is 2.20. The Morgan fingerprint density at radius 3 is 2.50 bits per heavy atom. The molecule has 3 rings (SSSR count). The summed E-state index contributed by atoms with van der Waals surface area (Å²) < 4.78 is 1.57. The van der Waals surface area contributed by atoms with Gasteiger partial charge in [0, 0.05) is 38.8 Å². The summed E-state index contributed by atoms with van der Waals surface area (Å²) in [6.45, 7) is 0.962. The Labute approximate surface area is 127 Å². The minimum Gasteiger partial charge on any atom is -0.384 e. The number of rotatable bonds is 2. The molecule has 1 saturated heterocycles. The molecule has 0 spiro atoms. The number of piperazine rings is 1. The van der Waals surface area contributed by atoms with Crippen LogP contribution in [-0.2, 0) is 16.6 Å². The van der Waals surface area contributed by atoms with Crippen molar-refractivity contribution < 1.29 is 9.59 Å². The van der Waals surface area contributed by atoms with Gasteiger partial charge in [0.15, 0.2) is 0 Å². The fourth-order valence-corrected chi connectivity index (χ4v) is 2.50. The zero-order valence-electron chi connectivity index (χ0n) is 12.5. The van der Waals surface area contributed by atoms with E-state index >= 15 is 0 Å². The molecule has 0 radical (unpaired) electrons. The fourth-order valence-electron chi connectivity index (χ4n) is 2.50. The van der Waals surface area contributed by atoms with Gasteiger partial charge in [0.1, 0.15) is 5.82 Å². The summed E-state index contributed by atoms with van der Waals surface area (Å²) in [7, 11) is 3.38. The number of nitrogen functional groups attached to an aromatic ring is 1. The monoisotopic (exact) mass is 299 g/mol. The van der Waals surface area contributed by atoms with E-state index in [0.717, 1.165) is 5.56 Å². The van der Waals surface area contributed by atoms with Gasteiger partial charge in [-0.2, -0.15) is 5.10 Å². The first-order valence-electron chi connectivity index (χ1n) is 6.95. The molecule has 1 fully saturated rings. The predicted octanol–water partition coefficient (Wildman–Crippen LogP) is 0.474. The molecule has 0 saturated carbocycles. The highest BCUT2D eigenvalue weighted by atomic mass is 16.2. The van der Waals surface area contributed by atoms with Gasteiger partial charge in [-0.05, 0) is 6.07 Å². The lowest BCUT2D eigenvalue weighted by Crippen LogP contribution is -2.53. The summed E-state index contributed by atoms with van der Waals surface area (Å²) in [6.07, 6.45) is 0. The molecule has 0 bridgehead atoms. The van der Waals surface area contributed by atoms with Crippen LogP contribution in [-0.4, -0.2) is 46.6 Å². The number of para-hydroxylation sites is 1. The smallest absolute Gasteiger partial charge is 0.316 e. The molecule has 2 aromatic rings. The van der Waals surface area contributed by atoms with Gasteiger partial charge in [0.05, 0.1) is 11.4 Å². The Morgan fingerprint density at radius 2 is 1.82 bits per heavy atom. The van der Waals surface area contributed by atoms with Crippen molar-refractivity contribution in [2.45, 2.75) is 0 Å². The van der Waals surface area contributed by atoms with Crippen LogP contribution in [0.3, 0.4) is 0 Å². The third-order valence-corrected chi connectivity index (χ3v) is 3.82. The number of nitrogens with two attached hydrogens (primary N) is 1. The maximum atomic E-state index is 12.3. The minimum atomic E-state index is -0.523. The van der Waals surface area contributed by atoms with E-state index in [0.29, 0.717) is 30.3 Å². The molecular formula is C15H17N5O2. The van der Waals surface area contributed by atoms with E-state index in [2.05, 4.69) is 5.10 Å². The number of aromatic nitrogens is 2. The fraction of sp³-hybridized carbons (Fsp3) is 0.267. The van der Waals surface area contributed by atoms with E-state index in [1.165, 1.54) is 9.80 Å². The lowest BCUT2D eigenvalue weighted by atomic mass is 10.1. The average Bonchev–Trinajstić information content (AvgIpc) is 2.85. The van der Waals surface area contributed by atoms with Gasteiger partial charge < -0.3 is 15.5 Å². The Bertz CT molecular complexity index is 733. The highest BCUT2D eigenvalue weighted by molar-refractivity contribution is 6.41. The highest BCUT2D eigenvalue weighted by Gasteiger charge is 2.32. The first kappa shape index (κ1) is 14.1. The van der Waals surface area contributed by atoms with Crippen LogP contribution < -0.4 is 10.6 Å². The van der Waals surface area contributed by atoms with Crippen molar-refractivity contribution in [1.29, 1.82) is 0 Å². The van der Waals surface area contributed by atoms with Crippen molar-refractivity contribution in [3.63, 3.8) is 0 Å². The molecule has 2 amide bonds. The Hall–Kier alpha value is -2.83. The summed E-state index contributed by atoms with van der Waals surface area (Å²) in [6, 6.07) is 9.14. The molecule has 7 nitrogen and oxygen atoms in total. The highest BCUT2D eigenvalue weighted by Crippen LogP contribution is 2.31. The molecular weight excluding hydrogens is 282 g/mol. The van der Waals surface area contributed by atoms with E-state index in [1.54, 1.807) is 24.8 Å². The van der Waals surface area contributed by atoms with Crippen LogP contribution in [0, 0.1) is 0 Å². The Kier molecular flexibility index (Phi) is 3.32. The van der Waals surface area contributed by atoms with Crippen molar-refractivity contribution in [1.82, 2.24) is 14.7 Å². The van der Waals surface area contributed by atoms with E-state index in [4.69, 9.17) is 5.73 Å². The second-order valence-corrected chi connectivity index (χ2v) is 5.28. The number of nitrogens with zero attached hydrogens (tertiary/aromatic N) is 4. The van der Waals surface area contributed by atoms with Crippen LogP contribution in [0.4, 0.5) is 11.5 Å². The molecule has 2 N–H and O–H groups in total. The maximum Gasteiger partial charge on any atom is 0.316 e. The number of benzene rings is 1. The Balaban J connectivity index is 2.05. The first-order chi connectivity index (χ1) is 10.5. The molecule has 22 heavy (non-hydrogen) atoms. The van der Waals surface area contributed by atoms with E-state index in [1.807, 2.05) is 24.3 Å². The zero-order chi connectivity index (χ0) is 15.9. The van der Waals surface area contributed by atoms with Gasteiger partial charge in [0.25, 0.3) is 0 Å². The molecule has 0 aliphatic carbocycles. The average molecular weight is 299 g/mol. The van der Waals surface area contributed by atoms with Gasteiger partial charge in [-0.1, -0.05) is 18.2 Å². The van der Waals surface area contributed by atoms with Gasteiger partial charge >= 0.3 is 11.8 Å². The van der Waals surface area contributed by atoms with Crippen molar-refractivity contribution in [3.05, 3.63) is 30.3 Å². The van der Waals surface area contributed by atoms with E-state index in [-0.39, 0.29) is 0 Å². The minimum absolute atomic E-state index is 0.459. The summed E-state index contributed by atoms with van der Waals surface area (Å²) in [5.41, 5.74) is 7.96. The summed E-state index contributed by atoms with van der Waals surface area (Å²) in [5.74, 6) is -0.489. The van der Waals surface area contributed by atoms with Crippen LogP contribution in [0.2, 0.25) is 0 Å². The van der Waals surface area contributed by atoms with Crippen molar-refractivity contribution in [3.8, 4) is 11.3 Å². The maximum absolute atomic E-state index is 12.3. The first-order valence-corrected chi connectivity index (χ1v) is 6.95. The van der Waals surface area contributed by atoms with Crippen LogP contribution in [0.15, 0.2) is 30.3 Å². The molecule has 1 aromatic heterocycles. The lowest BCUT2D eigenvalue weighted by Gasteiger charge is -2.32. The topological polar surface area (TPSA) is 84.5 Å². The molecule has 2 heterocycles. The summed E-state index contributed by atoms with van der Waals surface area (Å²) in [5, 5.41) is 4.35. The molecule has 1 aliphatic heterocycles. The van der Waals surface area contributed by atoms with Crippen LogP contribution in [0.5, 0.6) is 0 Å². The second kappa shape index (κ2) is 5.18. The number of hydrogen-bond donors (Lipinski definition) is 1.